The SMILES string of the molecule is COC(C)(CNC(=O)c1cc(Cl)ccc1Cl)c1cccc(Cl)c1. The van der Waals surface area contributed by atoms with E-state index in [4.69, 9.17) is 39.5 Å². The van der Waals surface area contributed by atoms with Crippen LogP contribution in [0.5, 0.6) is 0 Å². The minimum atomic E-state index is -0.717. The highest BCUT2D eigenvalue weighted by molar-refractivity contribution is 6.35. The smallest absolute Gasteiger partial charge is 0.252 e. The Balaban J connectivity index is 2.17. The number of methoxy groups -OCH3 is 1. The van der Waals surface area contributed by atoms with Crippen molar-refractivity contribution < 1.29 is 9.53 Å². The fourth-order valence-electron chi connectivity index (χ4n) is 2.13. The van der Waals surface area contributed by atoms with Gasteiger partial charge in [0.2, 0.25) is 0 Å². The summed E-state index contributed by atoms with van der Waals surface area (Å²) in [6.45, 7) is 2.13. The number of carbonyl (C=O) groups excluding carboxylic acids is 1. The van der Waals surface area contributed by atoms with Gasteiger partial charge >= 0.3 is 0 Å². The zero-order valence-electron chi connectivity index (χ0n) is 12.7. The third kappa shape index (κ3) is 4.39. The molecule has 0 saturated carbocycles. The van der Waals surface area contributed by atoms with Crippen LogP contribution in [-0.4, -0.2) is 19.6 Å². The molecular formula is C17H16Cl3NO2. The van der Waals surface area contributed by atoms with Crippen LogP contribution in [0.15, 0.2) is 42.5 Å². The molecule has 0 bridgehead atoms. The van der Waals surface area contributed by atoms with E-state index in [9.17, 15) is 4.79 Å². The fraction of sp³-hybridized carbons (Fsp3) is 0.235. The van der Waals surface area contributed by atoms with Crippen molar-refractivity contribution in [1.82, 2.24) is 5.32 Å². The summed E-state index contributed by atoms with van der Waals surface area (Å²) in [5.74, 6) is -0.317. The second-order valence-corrected chi connectivity index (χ2v) is 6.53. The summed E-state index contributed by atoms with van der Waals surface area (Å²) in [6.07, 6.45) is 0. The van der Waals surface area contributed by atoms with Crippen molar-refractivity contribution in [3.63, 3.8) is 0 Å². The Labute approximate surface area is 150 Å². The van der Waals surface area contributed by atoms with E-state index in [2.05, 4.69) is 5.32 Å². The van der Waals surface area contributed by atoms with Gasteiger partial charge in [-0.25, -0.2) is 0 Å². The molecule has 3 nitrogen and oxygen atoms in total. The van der Waals surface area contributed by atoms with E-state index in [1.54, 1.807) is 25.3 Å². The Bertz CT molecular complexity index is 721. The molecule has 1 amide bonds. The van der Waals surface area contributed by atoms with E-state index >= 15 is 0 Å². The number of hydrogen-bond acceptors (Lipinski definition) is 2. The molecule has 2 aromatic rings. The van der Waals surface area contributed by atoms with E-state index in [1.165, 1.54) is 6.07 Å². The first-order chi connectivity index (χ1) is 10.9. The van der Waals surface area contributed by atoms with Gasteiger partial charge in [0, 0.05) is 17.2 Å². The summed E-state index contributed by atoms with van der Waals surface area (Å²) >= 11 is 18.0. The molecule has 2 rings (SSSR count). The number of amides is 1. The third-order valence-corrected chi connectivity index (χ3v) is 4.44. The number of halogens is 3. The van der Waals surface area contributed by atoms with E-state index in [1.807, 2.05) is 25.1 Å². The molecule has 6 heteroatoms. The van der Waals surface area contributed by atoms with Gasteiger partial charge in [-0.3, -0.25) is 4.79 Å². The molecule has 122 valence electrons. The molecule has 2 aromatic carbocycles. The zero-order valence-corrected chi connectivity index (χ0v) is 15.0. The Morgan fingerprint density at radius 1 is 1.13 bits per heavy atom. The maximum atomic E-state index is 12.3. The number of rotatable bonds is 5. The van der Waals surface area contributed by atoms with Gasteiger partial charge in [0.15, 0.2) is 0 Å². The van der Waals surface area contributed by atoms with Gasteiger partial charge in [-0.15, -0.1) is 0 Å². The summed E-state index contributed by atoms with van der Waals surface area (Å²) in [7, 11) is 1.58. The lowest BCUT2D eigenvalue weighted by molar-refractivity contribution is 0.00315. The molecule has 1 N–H and O–H groups in total. The predicted octanol–water partition coefficient (Wildman–Crippen LogP) is 4.94. The Kier molecular flexibility index (Phi) is 5.93. The largest absolute Gasteiger partial charge is 0.372 e. The highest BCUT2D eigenvalue weighted by atomic mass is 35.5. The van der Waals surface area contributed by atoms with Crippen LogP contribution in [0.1, 0.15) is 22.8 Å². The summed E-state index contributed by atoms with van der Waals surface area (Å²) in [5, 5.41) is 4.22. The second-order valence-electron chi connectivity index (χ2n) is 5.25. The number of carbonyl (C=O) groups is 1. The molecule has 23 heavy (non-hydrogen) atoms. The summed E-state index contributed by atoms with van der Waals surface area (Å²) in [4.78, 5) is 12.3. The van der Waals surface area contributed by atoms with Crippen molar-refractivity contribution in [2.45, 2.75) is 12.5 Å². The first-order valence-corrected chi connectivity index (χ1v) is 8.03. The minimum absolute atomic E-state index is 0.255. The van der Waals surface area contributed by atoms with E-state index in [0.29, 0.717) is 20.6 Å². The first-order valence-electron chi connectivity index (χ1n) is 6.90. The van der Waals surface area contributed by atoms with Crippen molar-refractivity contribution in [1.29, 1.82) is 0 Å². The number of hydrogen-bond donors (Lipinski definition) is 1. The predicted molar refractivity (Wildman–Crippen MR) is 94.6 cm³/mol. The molecule has 0 spiro atoms. The van der Waals surface area contributed by atoms with Crippen LogP contribution in [0.2, 0.25) is 15.1 Å². The van der Waals surface area contributed by atoms with Gasteiger partial charge < -0.3 is 10.1 Å². The number of nitrogens with one attached hydrogen (secondary N) is 1. The van der Waals surface area contributed by atoms with Crippen LogP contribution in [0, 0.1) is 0 Å². The fourth-order valence-corrected chi connectivity index (χ4v) is 2.69. The molecule has 0 heterocycles. The normalized spacial score (nSPS) is 13.4. The third-order valence-electron chi connectivity index (χ3n) is 3.65. The molecule has 0 radical (unpaired) electrons. The molecule has 0 aliphatic rings. The van der Waals surface area contributed by atoms with Crippen molar-refractivity contribution in [2.24, 2.45) is 0 Å². The average Bonchev–Trinajstić information content (AvgIpc) is 2.54. The van der Waals surface area contributed by atoms with E-state index in [0.717, 1.165) is 5.56 Å². The van der Waals surface area contributed by atoms with Crippen LogP contribution in [0.4, 0.5) is 0 Å². The maximum absolute atomic E-state index is 12.3. The lowest BCUT2D eigenvalue weighted by atomic mass is 9.95. The summed E-state index contributed by atoms with van der Waals surface area (Å²) in [6, 6.07) is 12.1. The van der Waals surface area contributed by atoms with Crippen LogP contribution in [0.3, 0.4) is 0 Å². The Morgan fingerprint density at radius 3 is 2.48 bits per heavy atom. The second kappa shape index (κ2) is 7.54. The van der Waals surface area contributed by atoms with Gasteiger partial charge in [0.05, 0.1) is 17.1 Å². The van der Waals surface area contributed by atoms with Crippen molar-refractivity contribution in [2.75, 3.05) is 13.7 Å². The highest BCUT2D eigenvalue weighted by Crippen LogP contribution is 2.27. The standard InChI is InChI=1S/C17H16Cl3NO2/c1-17(23-2,11-4-3-5-12(18)8-11)10-21-16(22)14-9-13(19)6-7-15(14)20/h3-9H,10H2,1-2H3,(H,21,22). The van der Waals surface area contributed by atoms with Crippen LogP contribution in [0.25, 0.3) is 0 Å². The topological polar surface area (TPSA) is 38.3 Å². The van der Waals surface area contributed by atoms with Gasteiger partial charge in [-0.1, -0.05) is 46.9 Å². The molecule has 0 fully saturated rings. The monoisotopic (exact) mass is 371 g/mol. The van der Waals surface area contributed by atoms with E-state index in [-0.39, 0.29) is 12.5 Å². The molecule has 0 aliphatic carbocycles. The quantitative estimate of drug-likeness (QED) is 0.807. The molecule has 0 aliphatic heterocycles. The highest BCUT2D eigenvalue weighted by Gasteiger charge is 2.27. The van der Waals surface area contributed by atoms with Crippen LogP contribution >= 0.6 is 34.8 Å². The average molecular weight is 373 g/mol. The minimum Gasteiger partial charge on any atom is -0.372 e. The molecular weight excluding hydrogens is 357 g/mol. The van der Waals surface area contributed by atoms with Gasteiger partial charge in [-0.05, 0) is 42.8 Å². The lowest BCUT2D eigenvalue weighted by Gasteiger charge is -2.29. The van der Waals surface area contributed by atoms with Crippen molar-refractivity contribution >= 4 is 40.7 Å². The first kappa shape index (κ1) is 18.1. The molecule has 1 atom stereocenters. The van der Waals surface area contributed by atoms with E-state index < -0.39 is 5.60 Å². The number of ether oxygens (including phenoxy) is 1. The number of benzene rings is 2. The Hall–Kier alpha value is -1.26. The maximum Gasteiger partial charge on any atom is 0.252 e. The van der Waals surface area contributed by atoms with Gasteiger partial charge in [0.1, 0.15) is 5.60 Å². The molecule has 1 unspecified atom stereocenters. The Morgan fingerprint density at radius 2 is 1.83 bits per heavy atom. The van der Waals surface area contributed by atoms with Crippen molar-refractivity contribution in [3.8, 4) is 0 Å². The van der Waals surface area contributed by atoms with Gasteiger partial charge in [-0.2, -0.15) is 0 Å². The molecule has 0 saturated heterocycles. The summed E-state index contributed by atoms with van der Waals surface area (Å²) in [5.41, 5.74) is 0.472. The zero-order chi connectivity index (χ0) is 17.0. The summed E-state index contributed by atoms with van der Waals surface area (Å²) < 4.78 is 5.59. The van der Waals surface area contributed by atoms with Crippen LogP contribution in [-0.2, 0) is 10.3 Å². The van der Waals surface area contributed by atoms with Gasteiger partial charge in [0.25, 0.3) is 5.91 Å². The van der Waals surface area contributed by atoms with Crippen LogP contribution < -0.4 is 5.32 Å². The van der Waals surface area contributed by atoms with Crippen molar-refractivity contribution in [3.05, 3.63) is 68.7 Å². The lowest BCUT2D eigenvalue weighted by Crippen LogP contribution is -2.40. The molecule has 0 aromatic heterocycles.